The Morgan fingerprint density at radius 1 is 0.946 bits per heavy atom. The summed E-state index contributed by atoms with van der Waals surface area (Å²) in [4.78, 5) is 2.61. The van der Waals surface area contributed by atoms with Gasteiger partial charge in [-0.2, -0.15) is 0 Å². The Kier molecular flexibility index (Phi) is 16.2. The van der Waals surface area contributed by atoms with Gasteiger partial charge in [0.2, 0.25) is 0 Å². The molecule has 1 heterocycles. The summed E-state index contributed by atoms with van der Waals surface area (Å²) in [5.74, 6) is 0.954. The maximum atomic E-state index is 6.04. The van der Waals surface area contributed by atoms with Crippen LogP contribution in [0.2, 0.25) is 0 Å². The van der Waals surface area contributed by atoms with E-state index in [2.05, 4.69) is 96.8 Å². The molecule has 208 valence electrons. The van der Waals surface area contributed by atoms with Crippen molar-refractivity contribution in [2.45, 2.75) is 59.3 Å². The minimum Gasteiger partial charge on any atom is -0.494 e. The molecule has 0 radical (unpaired) electrons. The van der Waals surface area contributed by atoms with Crippen LogP contribution in [0.4, 0.5) is 0 Å². The zero-order chi connectivity index (χ0) is 26.6. The van der Waals surface area contributed by atoms with E-state index in [1.807, 2.05) is 0 Å². The first-order chi connectivity index (χ1) is 18.0. The molecule has 1 fully saturated rings. The molecular weight excluding hydrogens is 456 g/mol. The zero-order valence-corrected chi connectivity index (χ0v) is 24.0. The smallest absolute Gasteiger partial charge is 0.119 e. The fourth-order valence-electron chi connectivity index (χ4n) is 4.40. The standard InChI is InChI=1S/C32H54N4O/c1-5-32(4,17-8-11-29(2)3)18-16-30-12-14-31(15-13-30)37-28-7-6-25-36-26-10-21-34-23-22-33-19-9-20-35-24-27-36/h5,11-16,18,33-35H,1,6-10,17,19-28H2,2-4H3/b18-16+/t32-/m1/s1. The van der Waals surface area contributed by atoms with Crippen LogP contribution in [0.15, 0.2) is 54.6 Å². The van der Waals surface area contributed by atoms with Crippen molar-refractivity contribution in [3.8, 4) is 5.75 Å². The van der Waals surface area contributed by atoms with Gasteiger partial charge in [-0.3, -0.25) is 0 Å². The van der Waals surface area contributed by atoms with E-state index in [0.717, 1.165) is 90.5 Å². The molecule has 0 bridgehead atoms. The van der Waals surface area contributed by atoms with Gasteiger partial charge >= 0.3 is 0 Å². The normalized spacial score (nSPS) is 18.6. The second-order valence-corrected chi connectivity index (χ2v) is 10.8. The van der Waals surface area contributed by atoms with Crippen molar-refractivity contribution in [3.05, 3.63) is 60.2 Å². The molecule has 1 saturated heterocycles. The lowest BCUT2D eigenvalue weighted by Gasteiger charge is -2.23. The van der Waals surface area contributed by atoms with E-state index in [-0.39, 0.29) is 5.41 Å². The summed E-state index contributed by atoms with van der Waals surface area (Å²) < 4.78 is 6.04. The van der Waals surface area contributed by atoms with E-state index in [9.17, 15) is 0 Å². The Balaban J connectivity index is 1.69. The van der Waals surface area contributed by atoms with E-state index in [4.69, 9.17) is 4.74 Å². The van der Waals surface area contributed by atoms with Crippen molar-refractivity contribution in [1.29, 1.82) is 0 Å². The van der Waals surface area contributed by atoms with Crippen LogP contribution in [0.3, 0.4) is 0 Å². The van der Waals surface area contributed by atoms with Crippen LogP contribution >= 0.6 is 0 Å². The summed E-state index contributed by atoms with van der Waals surface area (Å²) in [6.45, 7) is 21.3. The van der Waals surface area contributed by atoms with Gasteiger partial charge in [-0.1, -0.05) is 48.9 Å². The highest BCUT2D eigenvalue weighted by molar-refractivity contribution is 5.52. The molecule has 3 N–H and O–H groups in total. The van der Waals surface area contributed by atoms with Crippen molar-refractivity contribution in [2.24, 2.45) is 5.41 Å². The molecule has 0 aromatic heterocycles. The molecule has 2 rings (SSSR count). The van der Waals surface area contributed by atoms with Crippen LogP contribution in [0.5, 0.6) is 5.75 Å². The third-order valence-electron chi connectivity index (χ3n) is 6.99. The first-order valence-corrected chi connectivity index (χ1v) is 14.5. The molecule has 0 amide bonds. The number of nitrogens with one attached hydrogen (secondary N) is 3. The van der Waals surface area contributed by atoms with E-state index in [0.29, 0.717) is 0 Å². The quantitative estimate of drug-likeness (QED) is 0.250. The third kappa shape index (κ3) is 15.2. The highest BCUT2D eigenvalue weighted by Crippen LogP contribution is 2.28. The maximum absolute atomic E-state index is 6.04. The van der Waals surface area contributed by atoms with Crippen molar-refractivity contribution < 1.29 is 4.74 Å². The molecule has 0 spiro atoms. The summed E-state index contributed by atoms with van der Waals surface area (Å²) in [5.41, 5.74) is 2.58. The molecule has 0 saturated carbocycles. The van der Waals surface area contributed by atoms with Crippen LogP contribution in [0.25, 0.3) is 6.08 Å². The van der Waals surface area contributed by atoms with Crippen LogP contribution in [0, 0.1) is 5.41 Å². The molecule has 1 atom stereocenters. The molecular formula is C32H54N4O. The minimum atomic E-state index is 0.00717. The number of hydrogen-bond donors (Lipinski definition) is 3. The Bertz CT molecular complexity index is 770. The van der Waals surface area contributed by atoms with Crippen molar-refractivity contribution >= 4 is 6.08 Å². The molecule has 1 aromatic rings. The highest BCUT2D eigenvalue weighted by atomic mass is 16.5. The van der Waals surface area contributed by atoms with Crippen LogP contribution in [0.1, 0.15) is 64.9 Å². The first kappa shape index (κ1) is 31.3. The summed E-state index contributed by atoms with van der Waals surface area (Å²) in [6, 6.07) is 8.46. The molecule has 0 aliphatic carbocycles. The fourth-order valence-corrected chi connectivity index (χ4v) is 4.40. The number of unbranched alkanes of at least 4 members (excludes halogenated alkanes) is 1. The van der Waals surface area contributed by atoms with Gasteiger partial charge in [0.1, 0.15) is 5.75 Å². The number of ether oxygens (including phenoxy) is 1. The average molecular weight is 511 g/mol. The molecule has 0 unspecified atom stereocenters. The average Bonchev–Trinajstić information content (AvgIpc) is 2.89. The van der Waals surface area contributed by atoms with Gasteiger partial charge in [-0.15, -0.1) is 6.58 Å². The molecule has 1 aliphatic heterocycles. The Hall–Kier alpha value is -1.92. The van der Waals surface area contributed by atoms with Crippen LogP contribution < -0.4 is 20.7 Å². The predicted molar refractivity (Wildman–Crippen MR) is 161 cm³/mol. The second kappa shape index (κ2) is 19.2. The maximum Gasteiger partial charge on any atom is 0.119 e. The third-order valence-corrected chi connectivity index (χ3v) is 6.99. The summed E-state index contributed by atoms with van der Waals surface area (Å²) in [6.07, 6.45) is 15.6. The lowest BCUT2D eigenvalue weighted by Crippen LogP contribution is -2.37. The highest BCUT2D eigenvalue weighted by Gasteiger charge is 2.15. The minimum absolute atomic E-state index is 0.00717. The molecule has 5 heteroatoms. The van der Waals surface area contributed by atoms with E-state index >= 15 is 0 Å². The lowest BCUT2D eigenvalue weighted by molar-refractivity contribution is 0.246. The summed E-state index contributed by atoms with van der Waals surface area (Å²) >= 11 is 0. The molecule has 37 heavy (non-hydrogen) atoms. The van der Waals surface area contributed by atoms with Crippen molar-refractivity contribution in [3.63, 3.8) is 0 Å². The largest absolute Gasteiger partial charge is 0.494 e. The van der Waals surface area contributed by atoms with E-state index < -0.39 is 0 Å². The lowest BCUT2D eigenvalue weighted by atomic mass is 9.84. The number of hydrogen-bond acceptors (Lipinski definition) is 5. The predicted octanol–water partition coefficient (Wildman–Crippen LogP) is 5.66. The van der Waals surface area contributed by atoms with E-state index in [1.54, 1.807) is 0 Å². The van der Waals surface area contributed by atoms with Gasteiger partial charge in [0.15, 0.2) is 0 Å². The van der Waals surface area contributed by atoms with Gasteiger partial charge in [0, 0.05) is 31.6 Å². The number of nitrogens with zero attached hydrogens (tertiary/aromatic N) is 1. The van der Waals surface area contributed by atoms with Gasteiger partial charge in [0.05, 0.1) is 6.61 Å². The number of benzene rings is 1. The van der Waals surface area contributed by atoms with Crippen LogP contribution in [-0.2, 0) is 0 Å². The van der Waals surface area contributed by atoms with E-state index in [1.165, 1.54) is 30.4 Å². The summed E-state index contributed by atoms with van der Waals surface area (Å²) in [5, 5.41) is 10.6. The van der Waals surface area contributed by atoms with Gasteiger partial charge < -0.3 is 25.6 Å². The Morgan fingerprint density at radius 3 is 2.35 bits per heavy atom. The van der Waals surface area contributed by atoms with Gasteiger partial charge in [-0.05, 0) is 103 Å². The summed E-state index contributed by atoms with van der Waals surface area (Å²) in [7, 11) is 0. The Labute approximate surface area is 227 Å². The first-order valence-electron chi connectivity index (χ1n) is 14.5. The number of allylic oxidation sites excluding steroid dienone is 4. The Morgan fingerprint density at radius 2 is 1.65 bits per heavy atom. The fraction of sp³-hybridized carbons (Fsp3) is 0.625. The van der Waals surface area contributed by atoms with Crippen molar-refractivity contribution in [1.82, 2.24) is 20.9 Å². The molecule has 1 aliphatic rings. The molecule has 5 nitrogen and oxygen atoms in total. The van der Waals surface area contributed by atoms with Crippen molar-refractivity contribution in [2.75, 3.05) is 65.5 Å². The second-order valence-electron chi connectivity index (χ2n) is 10.8. The zero-order valence-electron chi connectivity index (χ0n) is 24.0. The van der Waals surface area contributed by atoms with Gasteiger partial charge in [0.25, 0.3) is 0 Å². The topological polar surface area (TPSA) is 48.6 Å². The molecule has 1 aromatic carbocycles. The van der Waals surface area contributed by atoms with Crippen LogP contribution in [-0.4, -0.2) is 70.4 Å². The monoisotopic (exact) mass is 510 g/mol. The SMILES string of the molecule is C=C[C@@](C)(/C=C/c1ccc(OCCCCN2CCCNCCNCCCNCC2)cc1)CCC=C(C)C. The van der Waals surface area contributed by atoms with Gasteiger partial charge in [-0.25, -0.2) is 0 Å². The number of rotatable bonds is 12.